The zero-order chi connectivity index (χ0) is 41.4. The fraction of sp³-hybridized carbons (Fsp3) is 0.0169. The minimum Gasteiger partial charge on any atom is -0.309 e. The number of aromatic nitrogens is 4. The van der Waals surface area contributed by atoms with Crippen molar-refractivity contribution in [3.8, 4) is 67.5 Å². The maximum Gasteiger partial charge on any atom is 0.160 e. The molecule has 0 atom stereocenters. The third kappa shape index (κ3) is 5.69. The Bertz CT molecular complexity index is 3690. The molecule has 63 heavy (non-hydrogen) atoms. The van der Waals surface area contributed by atoms with Crippen LogP contribution >= 0.6 is 0 Å². The van der Waals surface area contributed by atoms with E-state index >= 15 is 0 Å². The third-order valence-corrected chi connectivity index (χ3v) is 13.0. The molecule has 0 saturated heterocycles. The molecule has 9 aromatic carbocycles. The van der Waals surface area contributed by atoms with Crippen molar-refractivity contribution in [2.24, 2.45) is 0 Å². The monoisotopic (exact) mass is 802 g/mol. The molecular weight excluding hydrogens is 765 g/mol. The summed E-state index contributed by atoms with van der Waals surface area (Å²) in [6.45, 7) is 0. The predicted molar refractivity (Wildman–Crippen MR) is 261 cm³/mol. The van der Waals surface area contributed by atoms with Gasteiger partial charge in [-0.2, -0.15) is 0 Å². The van der Waals surface area contributed by atoms with Crippen LogP contribution in [0.15, 0.2) is 218 Å². The van der Waals surface area contributed by atoms with Crippen molar-refractivity contribution in [3.63, 3.8) is 0 Å². The minimum atomic E-state index is 0.714. The third-order valence-electron chi connectivity index (χ3n) is 13.0. The predicted octanol–water partition coefficient (Wildman–Crippen LogP) is 14.9. The molecule has 1 aliphatic rings. The van der Waals surface area contributed by atoms with Crippen LogP contribution in [0.5, 0.6) is 0 Å². The second kappa shape index (κ2) is 14.1. The van der Waals surface area contributed by atoms with E-state index in [9.17, 15) is 0 Å². The van der Waals surface area contributed by atoms with Crippen molar-refractivity contribution in [3.05, 3.63) is 230 Å². The summed E-state index contributed by atoms with van der Waals surface area (Å²) in [6, 6.07) is 78.6. The highest BCUT2D eigenvalue weighted by atomic mass is 15.0. The zero-order valence-corrected chi connectivity index (χ0v) is 34.3. The van der Waals surface area contributed by atoms with Gasteiger partial charge in [-0.15, -0.1) is 0 Å². The second-order valence-electron chi connectivity index (χ2n) is 16.6. The summed E-state index contributed by atoms with van der Waals surface area (Å²) in [5.74, 6) is 0.714. The molecule has 0 N–H and O–H groups in total. The fourth-order valence-corrected chi connectivity index (χ4v) is 10.1. The Labute approximate surface area is 364 Å². The van der Waals surface area contributed by atoms with Gasteiger partial charge < -0.3 is 9.13 Å². The summed E-state index contributed by atoms with van der Waals surface area (Å²) in [6.07, 6.45) is 0.871. The Balaban J connectivity index is 0.934. The van der Waals surface area contributed by atoms with Crippen molar-refractivity contribution in [1.29, 1.82) is 0 Å². The summed E-state index contributed by atoms with van der Waals surface area (Å²) in [7, 11) is 0. The Morgan fingerprint density at radius 2 is 0.841 bits per heavy atom. The van der Waals surface area contributed by atoms with Gasteiger partial charge in [0.05, 0.1) is 33.5 Å². The smallest absolute Gasteiger partial charge is 0.160 e. The molecule has 0 spiro atoms. The van der Waals surface area contributed by atoms with E-state index in [2.05, 4.69) is 215 Å². The summed E-state index contributed by atoms with van der Waals surface area (Å²) in [5.41, 5.74) is 19.8. The number of hydrogen-bond donors (Lipinski definition) is 0. The Kier molecular flexibility index (Phi) is 7.94. The van der Waals surface area contributed by atoms with Crippen LogP contribution in [0.3, 0.4) is 0 Å². The summed E-state index contributed by atoms with van der Waals surface area (Å²) < 4.78 is 4.88. The lowest BCUT2D eigenvalue weighted by molar-refractivity contribution is 1.17. The van der Waals surface area contributed by atoms with Gasteiger partial charge in [-0.05, 0) is 100 Å². The molecule has 13 rings (SSSR count). The highest BCUT2D eigenvalue weighted by molar-refractivity contribution is 6.19. The largest absolute Gasteiger partial charge is 0.309 e. The molecule has 3 heterocycles. The van der Waals surface area contributed by atoms with Crippen LogP contribution in [0, 0.1) is 0 Å². The average Bonchev–Trinajstić information content (AvgIpc) is 4.01. The first-order chi connectivity index (χ1) is 31.2. The van der Waals surface area contributed by atoms with E-state index in [0.717, 1.165) is 51.4 Å². The number of hydrogen-bond acceptors (Lipinski definition) is 2. The van der Waals surface area contributed by atoms with Gasteiger partial charge in [-0.1, -0.05) is 158 Å². The van der Waals surface area contributed by atoms with Gasteiger partial charge in [0, 0.05) is 49.6 Å². The van der Waals surface area contributed by atoms with Crippen molar-refractivity contribution >= 4 is 43.6 Å². The fourth-order valence-electron chi connectivity index (χ4n) is 10.1. The van der Waals surface area contributed by atoms with Crippen LogP contribution in [0.25, 0.3) is 111 Å². The first-order valence-electron chi connectivity index (χ1n) is 21.6. The highest BCUT2D eigenvalue weighted by Gasteiger charge is 2.24. The molecule has 0 fully saturated rings. The molecule has 0 radical (unpaired) electrons. The standard InChI is InChI=1S/C59H38N4/c1-4-16-38(17-5-1)53-37-54(39-18-6-2-7-19-39)61-59(60-53)42-21-14-20-40(32-42)45-26-15-27-46-49-34-44(31-30-41(49)33-50(45)46)63-56-29-13-11-25-48(56)52-35-57-51(36-58(52)63)47-24-10-12-28-55(47)62(57)43-22-8-3-9-23-43/h1-32,34-37H,33H2. The number of nitrogens with zero attached hydrogens (tertiary/aromatic N) is 4. The topological polar surface area (TPSA) is 35.6 Å². The van der Waals surface area contributed by atoms with Gasteiger partial charge in [0.15, 0.2) is 5.82 Å². The van der Waals surface area contributed by atoms with Gasteiger partial charge in [-0.25, -0.2) is 9.97 Å². The van der Waals surface area contributed by atoms with Crippen molar-refractivity contribution in [2.45, 2.75) is 6.42 Å². The summed E-state index contributed by atoms with van der Waals surface area (Å²) in [4.78, 5) is 10.3. The van der Waals surface area contributed by atoms with Crippen molar-refractivity contribution < 1.29 is 0 Å². The molecule has 12 aromatic rings. The maximum absolute atomic E-state index is 5.15. The van der Waals surface area contributed by atoms with Gasteiger partial charge in [-0.3, -0.25) is 0 Å². The van der Waals surface area contributed by atoms with Crippen molar-refractivity contribution in [1.82, 2.24) is 19.1 Å². The Hall–Kier alpha value is -8.34. The zero-order valence-electron chi connectivity index (χ0n) is 34.3. The van der Waals surface area contributed by atoms with E-state index in [4.69, 9.17) is 9.97 Å². The number of fused-ring (bicyclic) bond motifs is 9. The van der Waals surface area contributed by atoms with Crippen LogP contribution in [0.2, 0.25) is 0 Å². The van der Waals surface area contributed by atoms with Crippen molar-refractivity contribution in [2.75, 3.05) is 0 Å². The molecule has 4 nitrogen and oxygen atoms in total. The van der Waals surface area contributed by atoms with E-state index in [-0.39, 0.29) is 0 Å². The second-order valence-corrected chi connectivity index (χ2v) is 16.6. The van der Waals surface area contributed by atoms with E-state index < -0.39 is 0 Å². The van der Waals surface area contributed by atoms with E-state index in [1.165, 1.54) is 71.4 Å². The number of para-hydroxylation sites is 3. The molecule has 0 saturated carbocycles. The lowest BCUT2D eigenvalue weighted by Crippen LogP contribution is -1.96. The number of rotatable bonds is 6. The van der Waals surface area contributed by atoms with Crippen LogP contribution in [-0.4, -0.2) is 19.1 Å². The molecule has 1 aliphatic carbocycles. The molecule has 0 bridgehead atoms. The molecular formula is C59H38N4. The molecule has 294 valence electrons. The maximum atomic E-state index is 5.15. The normalized spacial score (nSPS) is 12.1. The van der Waals surface area contributed by atoms with E-state index in [0.29, 0.717) is 5.82 Å². The van der Waals surface area contributed by atoms with Gasteiger partial charge in [0.1, 0.15) is 0 Å². The van der Waals surface area contributed by atoms with Crippen LogP contribution in [0.4, 0.5) is 0 Å². The molecule has 0 amide bonds. The van der Waals surface area contributed by atoms with Crippen LogP contribution in [-0.2, 0) is 6.42 Å². The molecule has 4 heteroatoms. The SMILES string of the molecule is c1ccc(-c2cc(-c3ccccc3)nc(-c3cccc(-c4cccc5c4Cc4ccc(-n6c7ccccc7c7cc8c(cc76)c6ccccc6n8-c6ccccc6)cc4-5)c3)n2)cc1. The van der Waals surface area contributed by atoms with Gasteiger partial charge in [0.25, 0.3) is 0 Å². The van der Waals surface area contributed by atoms with Crippen LogP contribution < -0.4 is 0 Å². The van der Waals surface area contributed by atoms with Crippen LogP contribution in [0.1, 0.15) is 11.1 Å². The minimum absolute atomic E-state index is 0.714. The summed E-state index contributed by atoms with van der Waals surface area (Å²) in [5, 5.41) is 4.99. The first kappa shape index (κ1) is 35.4. The average molecular weight is 803 g/mol. The lowest BCUT2D eigenvalue weighted by atomic mass is 9.94. The molecule has 0 aliphatic heterocycles. The molecule has 0 unspecified atom stereocenters. The number of benzene rings is 9. The van der Waals surface area contributed by atoms with E-state index in [1.54, 1.807) is 0 Å². The Morgan fingerprint density at radius 1 is 0.317 bits per heavy atom. The van der Waals surface area contributed by atoms with E-state index in [1.807, 2.05) is 12.1 Å². The van der Waals surface area contributed by atoms with Gasteiger partial charge >= 0.3 is 0 Å². The highest BCUT2D eigenvalue weighted by Crippen LogP contribution is 2.45. The molecule has 3 aromatic heterocycles. The van der Waals surface area contributed by atoms with Gasteiger partial charge in [0.2, 0.25) is 0 Å². The quantitative estimate of drug-likeness (QED) is 0.168. The lowest BCUT2D eigenvalue weighted by Gasteiger charge is -2.12. The summed E-state index contributed by atoms with van der Waals surface area (Å²) >= 11 is 0. The first-order valence-corrected chi connectivity index (χ1v) is 21.6. The Morgan fingerprint density at radius 3 is 1.49 bits per heavy atom.